The molecule has 4 heterocycles. The number of hydrogen-bond acceptors (Lipinski definition) is 6. The Labute approximate surface area is 132 Å². The van der Waals surface area contributed by atoms with Crippen LogP contribution in [0.2, 0.25) is 0 Å². The Morgan fingerprint density at radius 1 is 1.09 bits per heavy atom. The molecule has 0 aliphatic carbocycles. The number of hydrogen-bond donors (Lipinski definition) is 1. The van der Waals surface area contributed by atoms with Crippen LogP contribution in [-0.2, 0) is 0 Å². The zero-order valence-electron chi connectivity index (χ0n) is 12.8. The first-order valence-electron chi connectivity index (χ1n) is 7.58. The number of H-pyrrole nitrogens is 1. The van der Waals surface area contributed by atoms with Crippen molar-refractivity contribution in [2.45, 2.75) is 6.92 Å². The topological polar surface area (TPSA) is 82.4 Å². The number of nitrogens with zero attached hydrogens (tertiary/aromatic N) is 6. The molecule has 8 heteroatoms. The van der Waals surface area contributed by atoms with Gasteiger partial charge in [0.25, 0.3) is 5.56 Å². The van der Waals surface area contributed by atoms with Crippen LogP contribution < -0.4 is 15.4 Å². The fourth-order valence-corrected chi connectivity index (χ4v) is 2.92. The van der Waals surface area contributed by atoms with Crippen LogP contribution in [0.5, 0.6) is 0 Å². The van der Waals surface area contributed by atoms with Crippen molar-refractivity contribution >= 4 is 17.3 Å². The summed E-state index contributed by atoms with van der Waals surface area (Å²) in [5, 5.41) is 11.0. The van der Waals surface area contributed by atoms with E-state index in [1.165, 1.54) is 6.07 Å². The third kappa shape index (κ3) is 2.52. The molecule has 4 rings (SSSR count). The number of piperazine rings is 1. The standard InChI is InChI=1S/C15H17N7O/c1-11-10-15(22-12(17-11)4-5-16-22)21-8-6-20(7-9-21)13-2-3-14(23)19-18-13/h2-5,10H,6-9H2,1H3,(H,19,23). The minimum Gasteiger partial charge on any atom is -0.353 e. The number of aryl methyl sites for hydroxylation is 1. The summed E-state index contributed by atoms with van der Waals surface area (Å²) in [6, 6.07) is 7.25. The Morgan fingerprint density at radius 3 is 2.61 bits per heavy atom. The zero-order chi connectivity index (χ0) is 15.8. The third-order valence-corrected chi connectivity index (χ3v) is 4.06. The van der Waals surface area contributed by atoms with Gasteiger partial charge in [-0.15, -0.1) is 0 Å². The molecule has 23 heavy (non-hydrogen) atoms. The van der Waals surface area contributed by atoms with Gasteiger partial charge in [-0.3, -0.25) is 4.79 Å². The number of anilines is 2. The summed E-state index contributed by atoms with van der Waals surface area (Å²) in [6.45, 7) is 5.39. The van der Waals surface area contributed by atoms with Crippen LogP contribution in [-0.4, -0.2) is 51.0 Å². The summed E-state index contributed by atoms with van der Waals surface area (Å²) in [5.41, 5.74) is 1.67. The average molecular weight is 311 g/mol. The molecule has 0 amide bonds. The molecule has 0 atom stereocenters. The van der Waals surface area contributed by atoms with E-state index in [1.807, 2.05) is 17.5 Å². The van der Waals surface area contributed by atoms with E-state index < -0.39 is 0 Å². The van der Waals surface area contributed by atoms with Gasteiger partial charge in [0.1, 0.15) is 11.6 Å². The highest BCUT2D eigenvalue weighted by Gasteiger charge is 2.20. The van der Waals surface area contributed by atoms with Crippen LogP contribution >= 0.6 is 0 Å². The summed E-state index contributed by atoms with van der Waals surface area (Å²) in [5.74, 6) is 1.87. The van der Waals surface area contributed by atoms with Gasteiger partial charge in [0, 0.05) is 50.1 Å². The van der Waals surface area contributed by atoms with Crippen molar-refractivity contribution in [3.8, 4) is 0 Å². The highest BCUT2D eigenvalue weighted by molar-refractivity contribution is 5.52. The van der Waals surface area contributed by atoms with Crippen molar-refractivity contribution in [2.24, 2.45) is 0 Å². The smallest absolute Gasteiger partial charge is 0.264 e. The SMILES string of the molecule is Cc1cc(N2CCN(c3ccc(=O)[nH]n3)CC2)n2nccc2n1. The molecule has 0 spiro atoms. The number of nitrogens with one attached hydrogen (secondary N) is 1. The first-order chi connectivity index (χ1) is 11.2. The lowest BCUT2D eigenvalue weighted by molar-refractivity contribution is 0.629. The van der Waals surface area contributed by atoms with Gasteiger partial charge in [-0.05, 0) is 13.0 Å². The molecule has 1 fully saturated rings. The summed E-state index contributed by atoms with van der Waals surface area (Å²) in [7, 11) is 0. The molecule has 0 bridgehead atoms. The molecule has 1 aliphatic rings. The third-order valence-electron chi connectivity index (χ3n) is 4.06. The normalized spacial score (nSPS) is 15.3. The predicted molar refractivity (Wildman–Crippen MR) is 87.0 cm³/mol. The lowest BCUT2D eigenvalue weighted by atomic mass is 10.3. The van der Waals surface area contributed by atoms with Crippen molar-refractivity contribution in [1.29, 1.82) is 0 Å². The molecule has 1 N–H and O–H groups in total. The molecular weight excluding hydrogens is 294 g/mol. The Morgan fingerprint density at radius 2 is 1.87 bits per heavy atom. The second-order valence-electron chi connectivity index (χ2n) is 5.61. The van der Waals surface area contributed by atoms with Gasteiger partial charge in [0.2, 0.25) is 0 Å². The Kier molecular flexibility index (Phi) is 3.22. The van der Waals surface area contributed by atoms with Crippen LogP contribution in [0, 0.1) is 6.92 Å². The lowest BCUT2D eigenvalue weighted by Crippen LogP contribution is -2.47. The molecular formula is C15H17N7O. The first-order valence-corrected chi connectivity index (χ1v) is 7.58. The number of aromatic nitrogens is 5. The van der Waals surface area contributed by atoms with E-state index in [-0.39, 0.29) is 5.56 Å². The van der Waals surface area contributed by atoms with Gasteiger partial charge in [0.15, 0.2) is 5.65 Å². The summed E-state index contributed by atoms with van der Waals surface area (Å²) in [6.07, 6.45) is 1.77. The fraction of sp³-hybridized carbons (Fsp3) is 0.333. The van der Waals surface area contributed by atoms with E-state index in [9.17, 15) is 4.79 Å². The molecule has 0 radical (unpaired) electrons. The van der Waals surface area contributed by atoms with Crippen LogP contribution in [0.4, 0.5) is 11.6 Å². The van der Waals surface area contributed by atoms with Crippen LogP contribution in [0.15, 0.2) is 35.3 Å². The van der Waals surface area contributed by atoms with Crippen molar-refractivity contribution in [1.82, 2.24) is 24.8 Å². The van der Waals surface area contributed by atoms with Gasteiger partial charge in [0.05, 0.1) is 6.20 Å². The van der Waals surface area contributed by atoms with E-state index in [4.69, 9.17) is 0 Å². The highest BCUT2D eigenvalue weighted by Crippen LogP contribution is 2.20. The molecule has 0 saturated carbocycles. The van der Waals surface area contributed by atoms with Crippen LogP contribution in [0.25, 0.3) is 5.65 Å². The van der Waals surface area contributed by atoms with Crippen molar-refractivity contribution in [2.75, 3.05) is 36.0 Å². The van der Waals surface area contributed by atoms with E-state index in [1.54, 1.807) is 12.3 Å². The number of fused-ring (bicyclic) bond motifs is 1. The summed E-state index contributed by atoms with van der Waals surface area (Å²) < 4.78 is 1.88. The molecule has 0 aromatic carbocycles. The average Bonchev–Trinajstić information content (AvgIpc) is 3.03. The lowest BCUT2D eigenvalue weighted by Gasteiger charge is -2.36. The number of aromatic amines is 1. The monoisotopic (exact) mass is 311 g/mol. The van der Waals surface area contributed by atoms with E-state index in [0.717, 1.165) is 49.2 Å². The van der Waals surface area contributed by atoms with E-state index in [2.05, 4.69) is 36.1 Å². The molecule has 118 valence electrons. The quantitative estimate of drug-likeness (QED) is 0.740. The van der Waals surface area contributed by atoms with Crippen LogP contribution in [0.3, 0.4) is 0 Å². The minimum atomic E-state index is -0.180. The summed E-state index contributed by atoms with van der Waals surface area (Å²) >= 11 is 0. The van der Waals surface area contributed by atoms with Crippen molar-refractivity contribution < 1.29 is 0 Å². The molecule has 0 unspecified atom stereocenters. The maximum absolute atomic E-state index is 11.1. The highest BCUT2D eigenvalue weighted by atomic mass is 16.1. The summed E-state index contributed by atoms with van der Waals surface area (Å²) in [4.78, 5) is 20.1. The maximum Gasteiger partial charge on any atom is 0.264 e. The fourth-order valence-electron chi connectivity index (χ4n) is 2.92. The second-order valence-corrected chi connectivity index (χ2v) is 5.61. The largest absolute Gasteiger partial charge is 0.353 e. The molecule has 8 nitrogen and oxygen atoms in total. The maximum atomic E-state index is 11.1. The molecule has 3 aromatic rings. The predicted octanol–water partition coefficient (Wildman–Crippen LogP) is 0.448. The van der Waals surface area contributed by atoms with Gasteiger partial charge < -0.3 is 9.80 Å². The zero-order valence-corrected chi connectivity index (χ0v) is 12.8. The molecule has 1 saturated heterocycles. The van der Waals surface area contributed by atoms with Crippen molar-refractivity contribution in [3.05, 3.63) is 46.5 Å². The molecule has 1 aliphatic heterocycles. The van der Waals surface area contributed by atoms with Gasteiger partial charge >= 0.3 is 0 Å². The van der Waals surface area contributed by atoms with Gasteiger partial charge in [-0.25, -0.2) is 10.1 Å². The molecule has 3 aromatic heterocycles. The second kappa shape index (κ2) is 5.38. The Hall–Kier alpha value is -2.90. The first kappa shape index (κ1) is 13.7. The van der Waals surface area contributed by atoms with Gasteiger partial charge in [-0.1, -0.05) is 0 Å². The van der Waals surface area contributed by atoms with Crippen LogP contribution in [0.1, 0.15) is 5.69 Å². The Balaban J connectivity index is 1.56. The van der Waals surface area contributed by atoms with Crippen molar-refractivity contribution in [3.63, 3.8) is 0 Å². The van der Waals surface area contributed by atoms with E-state index in [0.29, 0.717) is 0 Å². The van der Waals surface area contributed by atoms with E-state index >= 15 is 0 Å². The Bertz CT molecular complexity index is 872. The minimum absolute atomic E-state index is 0.180. The number of rotatable bonds is 2. The van der Waals surface area contributed by atoms with Gasteiger partial charge in [-0.2, -0.15) is 14.7 Å².